The van der Waals surface area contributed by atoms with Crippen molar-refractivity contribution in [2.24, 2.45) is 7.05 Å². The monoisotopic (exact) mass is 382 g/mol. The van der Waals surface area contributed by atoms with Crippen molar-refractivity contribution in [1.29, 1.82) is 0 Å². The summed E-state index contributed by atoms with van der Waals surface area (Å²) in [5.41, 5.74) is 2.54. The highest BCUT2D eigenvalue weighted by Crippen LogP contribution is 2.13. The van der Waals surface area contributed by atoms with Crippen LogP contribution in [0.4, 0.5) is 10.5 Å². The summed E-state index contributed by atoms with van der Waals surface area (Å²) in [5, 5.41) is 14.0. The van der Waals surface area contributed by atoms with Gasteiger partial charge in [-0.05, 0) is 17.7 Å². The number of hydrogen-bond acceptors (Lipinski definition) is 5. The summed E-state index contributed by atoms with van der Waals surface area (Å²) in [6.45, 7) is 0.861. The maximum absolute atomic E-state index is 12.2. The molecule has 9 heteroatoms. The highest BCUT2D eigenvalue weighted by atomic mass is 16.5. The lowest BCUT2D eigenvalue weighted by molar-refractivity contribution is 0.198. The van der Waals surface area contributed by atoms with E-state index in [1.165, 1.54) is 6.07 Å². The van der Waals surface area contributed by atoms with Gasteiger partial charge >= 0.3 is 6.03 Å². The van der Waals surface area contributed by atoms with Crippen LogP contribution in [0.5, 0.6) is 0 Å². The SMILES string of the molecule is COCCNC(=O)Nc1cccc(Cc2nn(-c3cnn(C)c3)ccc2=O)c1. The Kier molecular flexibility index (Phi) is 6.18. The Morgan fingerprint density at radius 1 is 1.29 bits per heavy atom. The Balaban J connectivity index is 1.73. The predicted octanol–water partition coefficient (Wildman–Crippen LogP) is 1.32. The largest absolute Gasteiger partial charge is 0.383 e. The topological polar surface area (TPSA) is 103 Å². The molecule has 0 unspecified atom stereocenters. The molecule has 0 saturated heterocycles. The minimum Gasteiger partial charge on any atom is -0.383 e. The van der Waals surface area contributed by atoms with Gasteiger partial charge in [0.25, 0.3) is 0 Å². The molecule has 0 aliphatic heterocycles. The molecule has 146 valence electrons. The molecule has 28 heavy (non-hydrogen) atoms. The van der Waals surface area contributed by atoms with Crippen molar-refractivity contribution in [3.63, 3.8) is 0 Å². The number of carbonyl (C=O) groups excluding carboxylic acids is 1. The molecule has 0 spiro atoms. The molecule has 2 heterocycles. The Bertz CT molecular complexity index is 1010. The summed E-state index contributed by atoms with van der Waals surface area (Å²) in [7, 11) is 3.39. The summed E-state index contributed by atoms with van der Waals surface area (Å²) in [4.78, 5) is 24.1. The average molecular weight is 382 g/mol. The van der Waals surface area contributed by atoms with Crippen LogP contribution in [0, 0.1) is 0 Å². The number of aryl methyl sites for hydroxylation is 1. The molecule has 0 aliphatic carbocycles. The molecule has 0 saturated carbocycles. The summed E-state index contributed by atoms with van der Waals surface area (Å²) in [5.74, 6) is 0. The van der Waals surface area contributed by atoms with Gasteiger partial charge in [-0.25, -0.2) is 9.48 Å². The van der Waals surface area contributed by atoms with Crippen molar-refractivity contribution in [2.45, 2.75) is 6.42 Å². The van der Waals surface area contributed by atoms with Gasteiger partial charge in [0, 0.05) is 45.1 Å². The molecule has 3 rings (SSSR count). The van der Waals surface area contributed by atoms with Crippen LogP contribution in [0.2, 0.25) is 0 Å². The number of nitrogens with one attached hydrogen (secondary N) is 2. The van der Waals surface area contributed by atoms with E-state index < -0.39 is 0 Å². The molecule has 1 aromatic carbocycles. The molecule has 0 bridgehead atoms. The second-order valence-electron chi connectivity index (χ2n) is 6.19. The molecule has 0 aliphatic rings. The fourth-order valence-electron chi connectivity index (χ4n) is 2.63. The molecule has 0 fully saturated rings. The summed E-state index contributed by atoms with van der Waals surface area (Å²) in [6.07, 6.45) is 5.45. The van der Waals surface area contributed by atoms with Crippen LogP contribution in [0.15, 0.2) is 53.7 Å². The van der Waals surface area contributed by atoms with E-state index in [1.807, 2.05) is 31.4 Å². The van der Waals surface area contributed by atoms with Gasteiger partial charge in [0.1, 0.15) is 11.4 Å². The molecular formula is C19H22N6O3. The van der Waals surface area contributed by atoms with E-state index >= 15 is 0 Å². The van der Waals surface area contributed by atoms with Crippen LogP contribution in [0.3, 0.4) is 0 Å². The van der Waals surface area contributed by atoms with Crippen LogP contribution in [-0.2, 0) is 18.2 Å². The molecule has 0 radical (unpaired) electrons. The lowest BCUT2D eigenvalue weighted by Gasteiger charge is -2.09. The second kappa shape index (κ2) is 8.96. The molecule has 2 amide bonds. The lowest BCUT2D eigenvalue weighted by atomic mass is 10.1. The highest BCUT2D eigenvalue weighted by molar-refractivity contribution is 5.89. The van der Waals surface area contributed by atoms with Gasteiger partial charge in [0.2, 0.25) is 5.43 Å². The molecule has 3 aromatic rings. The van der Waals surface area contributed by atoms with Crippen molar-refractivity contribution >= 4 is 11.7 Å². The minimum absolute atomic E-state index is 0.143. The van der Waals surface area contributed by atoms with Gasteiger partial charge in [-0.1, -0.05) is 12.1 Å². The molecule has 9 nitrogen and oxygen atoms in total. The number of benzene rings is 1. The number of amides is 2. The Morgan fingerprint density at radius 3 is 2.89 bits per heavy atom. The third-order valence-electron chi connectivity index (χ3n) is 3.98. The molecule has 2 N–H and O–H groups in total. The number of ether oxygens (including phenoxy) is 1. The van der Waals surface area contributed by atoms with Crippen LogP contribution in [0.25, 0.3) is 5.69 Å². The van der Waals surface area contributed by atoms with Crippen LogP contribution in [-0.4, -0.2) is 45.9 Å². The Morgan fingerprint density at radius 2 is 2.14 bits per heavy atom. The molecular weight excluding hydrogens is 360 g/mol. The first-order valence-electron chi connectivity index (χ1n) is 8.76. The molecule has 0 atom stereocenters. The average Bonchev–Trinajstić information content (AvgIpc) is 3.10. The normalized spacial score (nSPS) is 10.6. The van der Waals surface area contributed by atoms with Gasteiger partial charge in [-0.3, -0.25) is 9.48 Å². The summed E-state index contributed by atoms with van der Waals surface area (Å²) in [6, 6.07) is 8.48. The fourth-order valence-corrected chi connectivity index (χ4v) is 2.63. The van der Waals surface area contributed by atoms with E-state index in [1.54, 1.807) is 34.9 Å². The maximum Gasteiger partial charge on any atom is 0.319 e. The molecule has 2 aromatic heterocycles. The summed E-state index contributed by atoms with van der Waals surface area (Å²) >= 11 is 0. The van der Waals surface area contributed by atoms with Crippen molar-refractivity contribution in [3.8, 4) is 5.69 Å². The Labute approximate surface area is 161 Å². The minimum atomic E-state index is -0.314. The van der Waals surface area contributed by atoms with Crippen molar-refractivity contribution in [1.82, 2.24) is 24.9 Å². The quantitative estimate of drug-likeness (QED) is 0.600. The van der Waals surface area contributed by atoms with E-state index in [0.29, 0.717) is 31.0 Å². The smallest absolute Gasteiger partial charge is 0.319 e. The van der Waals surface area contributed by atoms with Gasteiger partial charge in [-0.2, -0.15) is 10.2 Å². The highest BCUT2D eigenvalue weighted by Gasteiger charge is 2.08. The number of anilines is 1. The standard InChI is InChI=1S/C19H22N6O3/c1-24-13-16(12-21-24)25-8-6-18(26)17(23-25)11-14-4-3-5-15(10-14)22-19(27)20-7-9-28-2/h3-6,8,10,12-13H,7,9,11H2,1-2H3,(H2,20,22,27). The van der Waals surface area contributed by atoms with Crippen molar-refractivity contribution < 1.29 is 9.53 Å². The zero-order valence-electron chi connectivity index (χ0n) is 15.8. The third-order valence-corrected chi connectivity index (χ3v) is 3.98. The Hall–Kier alpha value is -3.46. The van der Waals surface area contributed by atoms with Crippen molar-refractivity contribution in [2.75, 3.05) is 25.6 Å². The van der Waals surface area contributed by atoms with Crippen LogP contribution < -0.4 is 16.1 Å². The van der Waals surface area contributed by atoms with Crippen molar-refractivity contribution in [3.05, 3.63) is 70.4 Å². The first-order valence-corrected chi connectivity index (χ1v) is 8.76. The number of hydrogen-bond donors (Lipinski definition) is 2. The number of methoxy groups -OCH3 is 1. The number of rotatable bonds is 7. The van der Waals surface area contributed by atoms with E-state index in [4.69, 9.17) is 4.74 Å². The first kappa shape index (κ1) is 19.3. The number of carbonyl (C=O) groups is 1. The van der Waals surface area contributed by atoms with Crippen LogP contribution in [0.1, 0.15) is 11.3 Å². The fraction of sp³-hybridized carbons (Fsp3) is 0.263. The zero-order chi connectivity index (χ0) is 19.9. The van der Waals surface area contributed by atoms with E-state index in [2.05, 4.69) is 20.8 Å². The summed E-state index contributed by atoms with van der Waals surface area (Å²) < 4.78 is 8.18. The predicted molar refractivity (Wildman–Crippen MR) is 105 cm³/mol. The van der Waals surface area contributed by atoms with Gasteiger partial charge in [0.15, 0.2) is 0 Å². The first-order chi connectivity index (χ1) is 13.5. The van der Waals surface area contributed by atoms with E-state index in [-0.39, 0.29) is 11.5 Å². The van der Waals surface area contributed by atoms with Gasteiger partial charge < -0.3 is 15.4 Å². The van der Waals surface area contributed by atoms with Gasteiger partial charge in [-0.15, -0.1) is 0 Å². The zero-order valence-corrected chi connectivity index (χ0v) is 15.8. The number of urea groups is 1. The lowest BCUT2D eigenvalue weighted by Crippen LogP contribution is -2.31. The maximum atomic E-state index is 12.2. The van der Waals surface area contributed by atoms with E-state index in [9.17, 15) is 9.59 Å². The van der Waals surface area contributed by atoms with E-state index in [0.717, 1.165) is 11.3 Å². The number of nitrogens with zero attached hydrogens (tertiary/aromatic N) is 4. The number of aromatic nitrogens is 4. The van der Waals surface area contributed by atoms with Gasteiger partial charge in [0.05, 0.1) is 19.0 Å². The van der Waals surface area contributed by atoms with Crippen LogP contribution >= 0.6 is 0 Å². The third kappa shape index (κ3) is 5.04. The second-order valence-corrected chi connectivity index (χ2v) is 6.19.